The lowest BCUT2D eigenvalue weighted by Gasteiger charge is -2.32. The number of carbonyl (C=O) groups excluding carboxylic acids is 2. The van der Waals surface area contributed by atoms with Crippen LogP contribution < -0.4 is 9.47 Å². The maximum Gasteiger partial charge on any atom is 0.324 e. The molecular weight excluding hydrogens is 336 g/mol. The van der Waals surface area contributed by atoms with Crippen molar-refractivity contribution in [3.8, 4) is 11.5 Å². The van der Waals surface area contributed by atoms with Crippen molar-refractivity contribution < 1.29 is 28.5 Å². The standard InChI is InChI=1S/C20H24O6/c1-5-10-20(19(22)25-4,15-7-6-11-26-13-15)18(21)14-8-9-16(23-2)17(12-14)24-3/h5,8-9,12-13H,1,6-7,10-11H2,2-4H3. The summed E-state index contributed by atoms with van der Waals surface area (Å²) < 4.78 is 20.9. The summed E-state index contributed by atoms with van der Waals surface area (Å²) in [6.07, 6.45) is 4.46. The highest BCUT2D eigenvalue weighted by Gasteiger charge is 2.50. The molecule has 6 nitrogen and oxygen atoms in total. The van der Waals surface area contributed by atoms with Gasteiger partial charge in [0.2, 0.25) is 0 Å². The zero-order valence-electron chi connectivity index (χ0n) is 15.4. The van der Waals surface area contributed by atoms with E-state index in [0.717, 1.165) is 6.42 Å². The summed E-state index contributed by atoms with van der Waals surface area (Å²) in [5, 5.41) is 0. The van der Waals surface area contributed by atoms with Gasteiger partial charge in [0.15, 0.2) is 22.7 Å². The number of ketones is 1. The Hall–Kier alpha value is -2.76. The number of carbonyl (C=O) groups is 2. The van der Waals surface area contributed by atoms with Crippen LogP contribution in [0.15, 0.2) is 42.7 Å². The van der Waals surface area contributed by atoms with Crippen molar-refractivity contribution in [1.29, 1.82) is 0 Å². The second-order valence-corrected chi connectivity index (χ2v) is 5.91. The minimum atomic E-state index is -1.50. The summed E-state index contributed by atoms with van der Waals surface area (Å²) in [6.45, 7) is 4.28. The maximum atomic E-state index is 13.5. The first-order chi connectivity index (χ1) is 12.5. The van der Waals surface area contributed by atoms with Crippen molar-refractivity contribution in [2.45, 2.75) is 19.3 Å². The minimum Gasteiger partial charge on any atom is -0.501 e. The molecule has 0 saturated heterocycles. The van der Waals surface area contributed by atoms with Gasteiger partial charge >= 0.3 is 5.97 Å². The summed E-state index contributed by atoms with van der Waals surface area (Å²) in [4.78, 5) is 26.3. The molecule has 0 amide bonds. The zero-order valence-corrected chi connectivity index (χ0v) is 15.4. The van der Waals surface area contributed by atoms with Gasteiger partial charge in [-0.1, -0.05) is 6.08 Å². The van der Waals surface area contributed by atoms with E-state index in [0.29, 0.717) is 35.7 Å². The molecule has 0 fully saturated rings. The van der Waals surface area contributed by atoms with E-state index in [-0.39, 0.29) is 12.2 Å². The fourth-order valence-electron chi connectivity index (χ4n) is 3.17. The van der Waals surface area contributed by atoms with Gasteiger partial charge in [0, 0.05) is 5.56 Å². The van der Waals surface area contributed by atoms with Crippen molar-refractivity contribution in [2.24, 2.45) is 5.41 Å². The number of methoxy groups -OCH3 is 3. The van der Waals surface area contributed by atoms with Crippen LogP contribution in [-0.4, -0.2) is 39.7 Å². The van der Waals surface area contributed by atoms with Crippen molar-refractivity contribution in [1.82, 2.24) is 0 Å². The molecule has 0 aromatic heterocycles. The van der Waals surface area contributed by atoms with E-state index in [1.165, 1.54) is 27.6 Å². The van der Waals surface area contributed by atoms with Gasteiger partial charge in [-0.2, -0.15) is 0 Å². The molecule has 26 heavy (non-hydrogen) atoms. The number of benzene rings is 1. The van der Waals surface area contributed by atoms with E-state index in [9.17, 15) is 9.59 Å². The second-order valence-electron chi connectivity index (χ2n) is 5.91. The monoisotopic (exact) mass is 360 g/mol. The average molecular weight is 360 g/mol. The highest BCUT2D eigenvalue weighted by Crippen LogP contribution is 2.42. The lowest BCUT2D eigenvalue weighted by atomic mass is 9.70. The molecule has 1 atom stereocenters. The Morgan fingerprint density at radius 1 is 1.23 bits per heavy atom. The quantitative estimate of drug-likeness (QED) is 0.307. The smallest absolute Gasteiger partial charge is 0.324 e. The molecule has 0 aliphatic carbocycles. The zero-order chi connectivity index (χ0) is 19.2. The Kier molecular flexibility index (Phi) is 6.44. The predicted octanol–water partition coefficient (Wildman–Crippen LogP) is 3.32. The Balaban J connectivity index is 2.60. The largest absolute Gasteiger partial charge is 0.501 e. The van der Waals surface area contributed by atoms with E-state index >= 15 is 0 Å². The van der Waals surface area contributed by atoms with E-state index in [4.69, 9.17) is 18.9 Å². The molecule has 1 heterocycles. The first-order valence-electron chi connectivity index (χ1n) is 8.32. The molecule has 2 rings (SSSR count). The van der Waals surface area contributed by atoms with E-state index < -0.39 is 11.4 Å². The predicted molar refractivity (Wildman–Crippen MR) is 96.4 cm³/mol. The number of ether oxygens (including phenoxy) is 4. The molecule has 0 saturated carbocycles. The third-order valence-corrected chi connectivity index (χ3v) is 4.50. The van der Waals surface area contributed by atoms with Gasteiger partial charge in [-0.05, 0) is 43.0 Å². The summed E-state index contributed by atoms with van der Waals surface area (Å²) in [6, 6.07) is 4.80. The number of hydrogen-bond acceptors (Lipinski definition) is 6. The van der Waals surface area contributed by atoms with Crippen LogP contribution >= 0.6 is 0 Å². The SMILES string of the molecule is C=CCC(C(=O)OC)(C(=O)c1ccc(OC)c(OC)c1)C1=COCCC1. The van der Waals surface area contributed by atoms with Crippen LogP contribution in [0, 0.1) is 5.41 Å². The van der Waals surface area contributed by atoms with Gasteiger partial charge < -0.3 is 18.9 Å². The van der Waals surface area contributed by atoms with Crippen LogP contribution in [0.4, 0.5) is 0 Å². The Bertz CT molecular complexity index is 721. The second kappa shape index (κ2) is 8.56. The first-order valence-corrected chi connectivity index (χ1v) is 8.32. The molecule has 1 aromatic carbocycles. The number of esters is 1. The first kappa shape index (κ1) is 19.6. The molecule has 140 valence electrons. The summed E-state index contributed by atoms with van der Waals surface area (Å²) in [5.41, 5.74) is -0.590. The molecule has 1 aromatic rings. The van der Waals surface area contributed by atoms with Crippen LogP contribution in [0.1, 0.15) is 29.6 Å². The highest BCUT2D eigenvalue weighted by atomic mass is 16.5. The normalized spacial score (nSPS) is 15.7. The third-order valence-electron chi connectivity index (χ3n) is 4.50. The molecule has 6 heteroatoms. The molecule has 1 aliphatic rings. The maximum absolute atomic E-state index is 13.5. The van der Waals surface area contributed by atoms with Crippen molar-refractivity contribution in [3.63, 3.8) is 0 Å². The van der Waals surface area contributed by atoms with Crippen molar-refractivity contribution in [3.05, 3.63) is 48.3 Å². The lowest BCUT2D eigenvalue weighted by Crippen LogP contribution is -2.42. The highest BCUT2D eigenvalue weighted by molar-refractivity contribution is 6.15. The fourth-order valence-corrected chi connectivity index (χ4v) is 3.17. The molecule has 0 bridgehead atoms. The fraction of sp³-hybridized carbons (Fsp3) is 0.400. The summed E-state index contributed by atoms with van der Waals surface area (Å²) in [7, 11) is 4.27. The molecule has 0 radical (unpaired) electrons. The van der Waals surface area contributed by atoms with Crippen LogP contribution in [0.25, 0.3) is 0 Å². The number of rotatable bonds is 8. The van der Waals surface area contributed by atoms with Crippen molar-refractivity contribution >= 4 is 11.8 Å². The molecule has 0 spiro atoms. The average Bonchev–Trinajstić information content (AvgIpc) is 2.71. The number of hydrogen-bond donors (Lipinski definition) is 0. The Morgan fingerprint density at radius 3 is 2.50 bits per heavy atom. The molecule has 1 aliphatic heterocycles. The summed E-state index contributed by atoms with van der Waals surface area (Å²) >= 11 is 0. The van der Waals surface area contributed by atoms with Gasteiger partial charge in [-0.3, -0.25) is 9.59 Å². The van der Waals surface area contributed by atoms with Crippen LogP contribution in [-0.2, 0) is 14.3 Å². The van der Waals surface area contributed by atoms with Gasteiger partial charge in [0.05, 0.1) is 34.2 Å². The van der Waals surface area contributed by atoms with Crippen LogP contribution in [0.5, 0.6) is 11.5 Å². The van der Waals surface area contributed by atoms with Gasteiger partial charge in [0.25, 0.3) is 0 Å². The van der Waals surface area contributed by atoms with E-state index in [1.807, 2.05) is 0 Å². The Labute approximate surface area is 153 Å². The molecular formula is C20H24O6. The minimum absolute atomic E-state index is 0.113. The van der Waals surface area contributed by atoms with E-state index in [1.54, 1.807) is 24.3 Å². The lowest BCUT2D eigenvalue weighted by molar-refractivity contribution is -0.148. The number of allylic oxidation sites excluding steroid dienone is 1. The van der Waals surface area contributed by atoms with Gasteiger partial charge in [-0.15, -0.1) is 6.58 Å². The summed E-state index contributed by atoms with van der Waals surface area (Å²) in [5.74, 6) is -0.114. The van der Waals surface area contributed by atoms with Crippen LogP contribution in [0.2, 0.25) is 0 Å². The van der Waals surface area contributed by atoms with Crippen LogP contribution in [0.3, 0.4) is 0 Å². The van der Waals surface area contributed by atoms with Gasteiger partial charge in [0.1, 0.15) is 0 Å². The third kappa shape index (κ3) is 3.45. The van der Waals surface area contributed by atoms with Gasteiger partial charge in [-0.25, -0.2) is 0 Å². The van der Waals surface area contributed by atoms with E-state index in [2.05, 4.69) is 6.58 Å². The topological polar surface area (TPSA) is 71.1 Å². The Morgan fingerprint density at radius 2 is 1.96 bits per heavy atom. The number of Topliss-reactive ketones (excluding diaryl/α,β-unsaturated/α-hetero) is 1. The molecule has 0 N–H and O–H groups in total. The van der Waals surface area contributed by atoms with Crippen molar-refractivity contribution in [2.75, 3.05) is 27.9 Å². The molecule has 1 unspecified atom stereocenters.